The number of nitriles is 1. The fourth-order valence-electron chi connectivity index (χ4n) is 3.87. The van der Waals surface area contributed by atoms with Gasteiger partial charge in [-0.2, -0.15) is 5.26 Å². The molecule has 5 nitrogen and oxygen atoms in total. The maximum Gasteiger partial charge on any atom is 0.232 e. The van der Waals surface area contributed by atoms with Crippen LogP contribution in [0, 0.1) is 11.3 Å². The Kier molecular flexibility index (Phi) is 4.92. The van der Waals surface area contributed by atoms with Gasteiger partial charge in [0.15, 0.2) is 0 Å². The molecule has 0 radical (unpaired) electrons. The number of rotatable bonds is 6. The lowest BCUT2D eigenvalue weighted by atomic mass is 9.91. The van der Waals surface area contributed by atoms with E-state index in [1.807, 2.05) is 54.7 Å². The second-order valence-corrected chi connectivity index (χ2v) is 7.53. The SMILES string of the molecule is N#Cc1c(-c2cccc3cc[nH]c23)ccnc1OC1CC(OCc2ccccc2)C1. The van der Waals surface area contributed by atoms with Gasteiger partial charge in [0.25, 0.3) is 0 Å². The highest BCUT2D eigenvalue weighted by molar-refractivity contribution is 5.95. The number of H-pyrrole nitrogens is 1. The minimum atomic E-state index is 0.0157. The van der Waals surface area contributed by atoms with E-state index in [9.17, 15) is 5.26 Å². The van der Waals surface area contributed by atoms with Crippen LogP contribution >= 0.6 is 0 Å². The van der Waals surface area contributed by atoms with E-state index < -0.39 is 0 Å². The second-order valence-electron chi connectivity index (χ2n) is 7.53. The molecule has 0 saturated heterocycles. The Labute approximate surface area is 174 Å². The van der Waals surface area contributed by atoms with Crippen molar-refractivity contribution >= 4 is 10.9 Å². The van der Waals surface area contributed by atoms with Crippen molar-refractivity contribution in [2.45, 2.75) is 31.7 Å². The molecule has 1 N–H and O–H groups in total. The first-order valence-corrected chi connectivity index (χ1v) is 10.1. The molecule has 1 saturated carbocycles. The topological polar surface area (TPSA) is 70.9 Å². The molecule has 0 atom stereocenters. The van der Waals surface area contributed by atoms with Crippen molar-refractivity contribution in [3.05, 3.63) is 84.2 Å². The molecule has 5 rings (SSSR count). The lowest BCUT2D eigenvalue weighted by molar-refractivity contribution is -0.0695. The molecule has 30 heavy (non-hydrogen) atoms. The van der Waals surface area contributed by atoms with E-state index in [1.165, 1.54) is 5.56 Å². The van der Waals surface area contributed by atoms with Crippen molar-refractivity contribution in [3.63, 3.8) is 0 Å². The van der Waals surface area contributed by atoms with Crippen molar-refractivity contribution in [2.75, 3.05) is 0 Å². The number of hydrogen-bond donors (Lipinski definition) is 1. The molecule has 4 aromatic rings. The van der Waals surface area contributed by atoms with E-state index in [4.69, 9.17) is 9.47 Å². The number of para-hydroxylation sites is 1. The summed E-state index contributed by atoms with van der Waals surface area (Å²) in [5.41, 5.74) is 4.43. The molecule has 1 aliphatic carbocycles. The molecule has 2 heterocycles. The Hall–Kier alpha value is -3.62. The minimum absolute atomic E-state index is 0.0157. The van der Waals surface area contributed by atoms with Gasteiger partial charge >= 0.3 is 0 Å². The maximum atomic E-state index is 9.84. The lowest BCUT2D eigenvalue weighted by Gasteiger charge is -2.35. The van der Waals surface area contributed by atoms with Crippen LogP contribution in [0.2, 0.25) is 0 Å². The second kappa shape index (κ2) is 8.02. The summed E-state index contributed by atoms with van der Waals surface area (Å²) in [5, 5.41) is 10.9. The van der Waals surface area contributed by atoms with Crippen LogP contribution in [0.3, 0.4) is 0 Å². The van der Waals surface area contributed by atoms with E-state index in [0.29, 0.717) is 18.1 Å². The van der Waals surface area contributed by atoms with Crippen molar-refractivity contribution in [3.8, 4) is 23.1 Å². The molecule has 0 unspecified atom stereocenters. The predicted octanol–water partition coefficient (Wildman–Crippen LogP) is 5.23. The zero-order valence-electron chi connectivity index (χ0n) is 16.4. The third-order valence-corrected chi connectivity index (χ3v) is 5.56. The Bertz CT molecular complexity index is 1200. The summed E-state index contributed by atoms with van der Waals surface area (Å²) in [6, 6.07) is 22.4. The van der Waals surface area contributed by atoms with Gasteiger partial charge in [0.1, 0.15) is 17.7 Å². The number of aromatic amines is 1. The highest BCUT2D eigenvalue weighted by Crippen LogP contribution is 2.35. The van der Waals surface area contributed by atoms with E-state index >= 15 is 0 Å². The fourth-order valence-corrected chi connectivity index (χ4v) is 3.87. The van der Waals surface area contributed by atoms with Crippen LogP contribution in [0.1, 0.15) is 24.0 Å². The third-order valence-electron chi connectivity index (χ3n) is 5.56. The van der Waals surface area contributed by atoms with Crippen LogP contribution in [0.15, 0.2) is 73.1 Å². The molecule has 148 valence electrons. The van der Waals surface area contributed by atoms with Crippen LogP contribution in [0.25, 0.3) is 22.0 Å². The summed E-state index contributed by atoms with van der Waals surface area (Å²) < 4.78 is 12.0. The zero-order chi connectivity index (χ0) is 20.3. The number of fused-ring (bicyclic) bond motifs is 1. The van der Waals surface area contributed by atoms with Gasteiger partial charge in [0.05, 0.1) is 18.2 Å². The summed E-state index contributed by atoms with van der Waals surface area (Å²) in [6.45, 7) is 0.607. The molecule has 0 amide bonds. The van der Waals surface area contributed by atoms with E-state index in [0.717, 1.165) is 34.9 Å². The van der Waals surface area contributed by atoms with Crippen LogP contribution in [-0.4, -0.2) is 22.2 Å². The van der Waals surface area contributed by atoms with Gasteiger partial charge in [-0.05, 0) is 23.1 Å². The van der Waals surface area contributed by atoms with E-state index in [2.05, 4.69) is 28.2 Å². The fraction of sp³-hybridized carbons (Fsp3) is 0.200. The number of nitrogens with one attached hydrogen (secondary N) is 1. The standard InChI is InChI=1S/C25H21N3O2/c26-15-23-21(22-8-4-7-18-9-11-27-24(18)22)10-12-28-25(23)30-20-13-19(14-20)29-16-17-5-2-1-3-6-17/h1-12,19-20,27H,13-14,16H2. The summed E-state index contributed by atoms with van der Waals surface area (Å²) in [6.07, 6.45) is 5.41. The summed E-state index contributed by atoms with van der Waals surface area (Å²) >= 11 is 0. The van der Waals surface area contributed by atoms with Gasteiger partial charge in [-0.1, -0.05) is 48.5 Å². The Balaban J connectivity index is 1.29. The first-order valence-electron chi connectivity index (χ1n) is 10.1. The predicted molar refractivity (Wildman–Crippen MR) is 115 cm³/mol. The number of benzene rings is 2. The minimum Gasteiger partial charge on any atom is -0.473 e. The molecule has 2 aromatic heterocycles. The summed E-state index contributed by atoms with van der Waals surface area (Å²) in [4.78, 5) is 7.61. The average Bonchev–Trinajstić information content (AvgIpc) is 3.24. The highest BCUT2D eigenvalue weighted by Gasteiger charge is 2.33. The highest BCUT2D eigenvalue weighted by atomic mass is 16.5. The van der Waals surface area contributed by atoms with Gasteiger partial charge in [0.2, 0.25) is 5.88 Å². The number of hydrogen-bond acceptors (Lipinski definition) is 4. The zero-order valence-corrected chi connectivity index (χ0v) is 16.4. The van der Waals surface area contributed by atoms with Gasteiger partial charge < -0.3 is 14.5 Å². The Morgan fingerprint density at radius 3 is 2.67 bits per heavy atom. The Morgan fingerprint density at radius 2 is 1.83 bits per heavy atom. The van der Waals surface area contributed by atoms with Crippen molar-refractivity contribution < 1.29 is 9.47 Å². The van der Waals surface area contributed by atoms with Crippen LogP contribution in [0.5, 0.6) is 5.88 Å². The molecule has 5 heteroatoms. The Morgan fingerprint density at radius 1 is 0.967 bits per heavy atom. The number of aromatic nitrogens is 2. The number of pyridine rings is 1. The largest absolute Gasteiger partial charge is 0.473 e. The van der Waals surface area contributed by atoms with Crippen molar-refractivity contribution in [1.29, 1.82) is 5.26 Å². The maximum absolute atomic E-state index is 9.84. The first-order chi connectivity index (χ1) is 14.8. The summed E-state index contributed by atoms with van der Waals surface area (Å²) in [5.74, 6) is 0.394. The molecule has 1 fully saturated rings. The summed E-state index contributed by atoms with van der Waals surface area (Å²) in [7, 11) is 0. The first kappa shape index (κ1) is 18.4. The molecule has 0 bridgehead atoms. The van der Waals surface area contributed by atoms with Gasteiger partial charge in [-0.15, -0.1) is 0 Å². The molecule has 1 aliphatic rings. The average molecular weight is 395 g/mol. The normalized spacial score (nSPS) is 18.0. The smallest absolute Gasteiger partial charge is 0.232 e. The van der Waals surface area contributed by atoms with Crippen molar-refractivity contribution in [1.82, 2.24) is 9.97 Å². The van der Waals surface area contributed by atoms with E-state index in [1.54, 1.807) is 6.20 Å². The van der Waals surface area contributed by atoms with Crippen molar-refractivity contribution in [2.24, 2.45) is 0 Å². The monoisotopic (exact) mass is 395 g/mol. The molecular weight excluding hydrogens is 374 g/mol. The molecule has 0 spiro atoms. The van der Waals surface area contributed by atoms with Crippen LogP contribution < -0.4 is 4.74 Å². The molecular formula is C25H21N3O2. The third kappa shape index (κ3) is 3.54. The van der Waals surface area contributed by atoms with Gasteiger partial charge in [-0.3, -0.25) is 0 Å². The molecule has 2 aromatic carbocycles. The lowest BCUT2D eigenvalue weighted by Crippen LogP contribution is -2.39. The van der Waals surface area contributed by atoms with Crippen LogP contribution in [0.4, 0.5) is 0 Å². The van der Waals surface area contributed by atoms with Gasteiger partial charge in [0, 0.05) is 36.4 Å². The van der Waals surface area contributed by atoms with E-state index in [-0.39, 0.29) is 12.2 Å². The number of nitrogens with zero attached hydrogens (tertiary/aromatic N) is 2. The van der Waals surface area contributed by atoms with Crippen LogP contribution in [-0.2, 0) is 11.3 Å². The van der Waals surface area contributed by atoms with Gasteiger partial charge in [-0.25, -0.2) is 4.98 Å². The molecule has 0 aliphatic heterocycles. The quantitative estimate of drug-likeness (QED) is 0.485. The number of ether oxygens (including phenoxy) is 2.